The van der Waals surface area contributed by atoms with E-state index in [4.69, 9.17) is 27.9 Å². The summed E-state index contributed by atoms with van der Waals surface area (Å²) in [5.74, 6) is -0.903. The second-order valence-electron chi connectivity index (χ2n) is 11.0. The molecule has 0 aliphatic carbocycles. The number of amides is 2. The van der Waals surface area contributed by atoms with Crippen molar-refractivity contribution in [2.45, 2.75) is 0 Å². The number of primary amides is 2. The molecule has 268 valence electrons. The summed E-state index contributed by atoms with van der Waals surface area (Å²) in [6, 6.07) is 18.1. The number of nitrogens with two attached hydrogens (primary N) is 3. The predicted octanol–water partition coefficient (Wildman–Crippen LogP) is 4.96. The van der Waals surface area contributed by atoms with Gasteiger partial charge in [0.05, 0.1) is 24.8 Å². The van der Waals surface area contributed by atoms with Gasteiger partial charge in [0, 0.05) is 91.2 Å². The quantitative estimate of drug-likeness (QED) is 0.121. The zero-order chi connectivity index (χ0) is 37.7. The maximum Gasteiger partial charge on any atom is 0.301 e. The van der Waals surface area contributed by atoms with Crippen molar-refractivity contribution >= 4 is 96.2 Å². The van der Waals surface area contributed by atoms with Crippen molar-refractivity contribution in [2.24, 2.45) is 11.5 Å². The van der Waals surface area contributed by atoms with Crippen molar-refractivity contribution in [3.05, 3.63) is 95.2 Å². The minimum Gasteiger partial charge on any atom is -0.399 e. The van der Waals surface area contributed by atoms with Gasteiger partial charge < -0.3 is 17.2 Å². The van der Waals surface area contributed by atoms with E-state index in [0.29, 0.717) is 21.1 Å². The van der Waals surface area contributed by atoms with E-state index in [2.05, 4.69) is 14.7 Å². The highest BCUT2D eigenvalue weighted by Crippen LogP contribution is 2.35. The molecule has 2 aromatic carbocycles. The summed E-state index contributed by atoms with van der Waals surface area (Å²) >= 11 is 2.63. The van der Waals surface area contributed by atoms with Crippen LogP contribution >= 0.6 is 33.4 Å². The number of halogens is 1. The molecular weight excluding hydrogens is 756 g/mol. The summed E-state index contributed by atoms with van der Waals surface area (Å²) in [5.41, 5.74) is 21.1. The van der Waals surface area contributed by atoms with Crippen LogP contribution in [0.25, 0.3) is 42.4 Å². The Bertz CT molecular complexity index is 2450. The number of rotatable bonds is 8. The molecule has 0 aliphatic rings. The first-order valence-corrected chi connectivity index (χ1v) is 19.8. The number of hydrogen-bond acceptors (Lipinski definition) is 11. The molecule has 0 atom stereocenters. The summed E-state index contributed by atoms with van der Waals surface area (Å²) in [7, 11) is 3.37. The summed E-state index contributed by atoms with van der Waals surface area (Å²) in [6.07, 6.45) is 6.87. The van der Waals surface area contributed by atoms with E-state index < -0.39 is 31.3 Å². The fourth-order valence-electron chi connectivity index (χ4n) is 4.32. The SMILES string of the molecule is CN(C)S(=O)(=O)Cl.CN(C)S(=O)(=O)Nc1cccc(-c2cncc3sc(C(N)=O)cc23)c1.NC(=O)c1cc2c(-c3cccc(N)c3)cncc2s1. The molecule has 0 aliphatic heterocycles. The van der Waals surface area contributed by atoms with Gasteiger partial charge >= 0.3 is 10.2 Å². The van der Waals surface area contributed by atoms with Crippen LogP contribution in [-0.4, -0.2) is 75.4 Å². The van der Waals surface area contributed by atoms with Crippen molar-refractivity contribution in [3.8, 4) is 22.3 Å². The number of nitrogen functional groups attached to an aromatic ring is 1. The number of nitrogens with one attached hydrogen (secondary N) is 1. The summed E-state index contributed by atoms with van der Waals surface area (Å²) in [6.45, 7) is 0. The predicted molar refractivity (Wildman–Crippen MR) is 206 cm³/mol. The normalized spacial score (nSPS) is 11.5. The Labute approximate surface area is 307 Å². The maximum atomic E-state index is 12.0. The summed E-state index contributed by atoms with van der Waals surface area (Å²) < 4.78 is 50.3. The number of carbonyl (C=O) groups is 2. The van der Waals surface area contributed by atoms with Crippen LogP contribution in [0.4, 0.5) is 11.4 Å². The van der Waals surface area contributed by atoms with Crippen LogP contribution in [0.5, 0.6) is 0 Å². The van der Waals surface area contributed by atoms with Crippen molar-refractivity contribution in [1.82, 2.24) is 18.6 Å². The van der Waals surface area contributed by atoms with Crippen LogP contribution in [0, 0.1) is 0 Å². The molecule has 51 heavy (non-hydrogen) atoms. The number of fused-ring (bicyclic) bond motifs is 2. The van der Waals surface area contributed by atoms with Crippen LogP contribution in [0.3, 0.4) is 0 Å². The van der Waals surface area contributed by atoms with Gasteiger partial charge in [0.1, 0.15) is 0 Å². The van der Waals surface area contributed by atoms with Gasteiger partial charge in [0.25, 0.3) is 21.1 Å². The van der Waals surface area contributed by atoms with Crippen molar-refractivity contribution in [2.75, 3.05) is 38.6 Å². The number of nitrogens with zero attached hydrogens (tertiary/aromatic N) is 4. The lowest BCUT2D eigenvalue weighted by atomic mass is 10.0. The Morgan fingerprint density at radius 1 is 0.706 bits per heavy atom. The molecular formula is C32H33ClN8O6S4. The monoisotopic (exact) mass is 788 g/mol. The zero-order valence-electron chi connectivity index (χ0n) is 27.6. The third kappa shape index (κ3) is 9.97. The Morgan fingerprint density at radius 2 is 1.16 bits per heavy atom. The van der Waals surface area contributed by atoms with E-state index in [1.54, 1.807) is 49.1 Å². The number of thiophene rings is 2. The van der Waals surface area contributed by atoms with Crippen molar-refractivity contribution in [3.63, 3.8) is 0 Å². The van der Waals surface area contributed by atoms with Gasteiger partial charge in [0.15, 0.2) is 0 Å². The second-order valence-corrected chi connectivity index (χ2v) is 17.7. The Morgan fingerprint density at radius 3 is 1.57 bits per heavy atom. The van der Waals surface area contributed by atoms with Crippen LogP contribution in [0.15, 0.2) is 85.5 Å². The first kappa shape index (κ1) is 39.1. The van der Waals surface area contributed by atoms with E-state index in [-0.39, 0.29) is 0 Å². The molecule has 6 aromatic rings. The summed E-state index contributed by atoms with van der Waals surface area (Å²) in [4.78, 5) is 32.1. The Balaban J connectivity index is 0.000000198. The molecule has 6 rings (SSSR count). The molecule has 4 heterocycles. The van der Waals surface area contributed by atoms with E-state index in [1.807, 2.05) is 36.4 Å². The van der Waals surface area contributed by atoms with E-state index >= 15 is 0 Å². The lowest BCUT2D eigenvalue weighted by Crippen LogP contribution is -2.28. The molecule has 0 saturated heterocycles. The third-order valence-corrected chi connectivity index (χ3v) is 12.2. The van der Waals surface area contributed by atoms with Gasteiger partial charge in [-0.15, -0.1) is 22.7 Å². The molecule has 0 bridgehead atoms. The highest BCUT2D eigenvalue weighted by molar-refractivity contribution is 8.11. The Hall–Kier alpha value is -4.69. The highest BCUT2D eigenvalue weighted by atomic mass is 35.7. The summed E-state index contributed by atoms with van der Waals surface area (Å²) in [5, 5.41) is 1.82. The number of carbonyl (C=O) groups excluding carboxylic acids is 2. The average molecular weight is 789 g/mol. The molecule has 4 aromatic heterocycles. The van der Waals surface area contributed by atoms with Crippen LogP contribution in [0.1, 0.15) is 19.3 Å². The molecule has 2 amide bonds. The van der Waals surface area contributed by atoms with Crippen LogP contribution in [-0.2, 0) is 19.4 Å². The smallest absolute Gasteiger partial charge is 0.301 e. The molecule has 0 radical (unpaired) electrons. The molecule has 7 N–H and O–H groups in total. The number of pyridine rings is 2. The molecule has 0 fully saturated rings. The van der Waals surface area contributed by atoms with E-state index in [9.17, 15) is 26.4 Å². The first-order valence-electron chi connectivity index (χ1n) is 14.5. The minimum absolute atomic E-state index is 0.417. The average Bonchev–Trinajstić information content (AvgIpc) is 3.70. The topological polar surface area (TPSA) is 225 Å². The third-order valence-electron chi connectivity index (χ3n) is 6.91. The lowest BCUT2D eigenvalue weighted by molar-refractivity contribution is 0.0995. The number of aromatic nitrogens is 2. The number of anilines is 2. The van der Waals surface area contributed by atoms with Gasteiger partial charge in [-0.1, -0.05) is 24.3 Å². The molecule has 0 saturated carbocycles. The fraction of sp³-hybridized carbons (Fsp3) is 0.125. The molecule has 19 heteroatoms. The zero-order valence-corrected chi connectivity index (χ0v) is 31.6. The van der Waals surface area contributed by atoms with Crippen molar-refractivity contribution in [1.29, 1.82) is 0 Å². The highest BCUT2D eigenvalue weighted by Gasteiger charge is 2.16. The molecule has 0 spiro atoms. The van der Waals surface area contributed by atoms with Gasteiger partial charge in [0.2, 0.25) is 0 Å². The first-order chi connectivity index (χ1) is 23.9. The van der Waals surface area contributed by atoms with Gasteiger partial charge in [-0.2, -0.15) is 25.4 Å². The van der Waals surface area contributed by atoms with E-state index in [1.165, 1.54) is 50.9 Å². The number of hydrogen-bond donors (Lipinski definition) is 4. The second kappa shape index (κ2) is 16.1. The van der Waals surface area contributed by atoms with Crippen molar-refractivity contribution < 1.29 is 26.4 Å². The van der Waals surface area contributed by atoms with Crippen LogP contribution < -0.4 is 21.9 Å². The lowest BCUT2D eigenvalue weighted by Gasteiger charge is -2.14. The minimum atomic E-state index is -3.59. The maximum absolute atomic E-state index is 12.0. The molecule has 14 nitrogen and oxygen atoms in total. The van der Waals surface area contributed by atoms with Crippen LogP contribution in [0.2, 0.25) is 0 Å². The molecule has 0 unspecified atom stereocenters. The van der Waals surface area contributed by atoms with Gasteiger partial charge in [-0.3, -0.25) is 24.3 Å². The largest absolute Gasteiger partial charge is 0.399 e. The van der Waals surface area contributed by atoms with Gasteiger partial charge in [-0.25, -0.2) is 0 Å². The standard InChI is InChI=1S/C16H16N4O3S2.C14H11N3OS.C2H6ClNO2S/c1-20(2)25(22,23)19-11-5-3-4-10(6-11)13-8-18-9-15-12(13)7-14(24-15)16(17)21;15-9-3-1-2-8(4-9)11-6-17-7-13-10(11)5-12(19-13)14(16)18;1-4(2)7(3,5)6/h3-9,19H,1-2H3,(H2,17,21);1-7H,15H2,(H2,16,18);1-2H3. The Kier molecular flexibility index (Phi) is 12.4. The van der Waals surface area contributed by atoms with Gasteiger partial charge in [-0.05, 0) is 47.5 Å². The number of benzene rings is 2. The fourth-order valence-corrected chi connectivity index (χ4v) is 6.74. The van der Waals surface area contributed by atoms with E-state index in [0.717, 1.165) is 51.0 Å².